The number of fused-ring (bicyclic) bond motifs is 1. The van der Waals surface area contributed by atoms with Crippen molar-refractivity contribution in [2.24, 2.45) is 0 Å². The lowest BCUT2D eigenvalue weighted by atomic mass is 10.1. The molecule has 0 saturated heterocycles. The van der Waals surface area contributed by atoms with Gasteiger partial charge in [-0.25, -0.2) is 9.18 Å². The Morgan fingerprint density at radius 1 is 1.33 bits per heavy atom. The number of furan rings is 1. The van der Waals surface area contributed by atoms with Crippen LogP contribution in [0.25, 0.3) is 11.0 Å². The number of esters is 1. The van der Waals surface area contributed by atoms with E-state index >= 15 is 0 Å². The topological polar surface area (TPSA) is 48.7 Å². The predicted octanol–water partition coefficient (Wildman–Crippen LogP) is 3.96. The van der Waals surface area contributed by atoms with E-state index in [1.54, 1.807) is 6.92 Å². The van der Waals surface area contributed by atoms with E-state index in [1.807, 2.05) is 0 Å². The Labute approximate surface area is 116 Å². The lowest BCUT2D eigenvalue weighted by Crippen LogP contribution is -2.18. The molecule has 0 N–H and O–H groups in total. The first-order valence-electron chi connectivity index (χ1n) is 5.88. The standard InChI is InChI=1S/C13H10F4O4/c1-3-19-12(18)11-6(2)20-9-5-8(14)10(4-7(9)11)21-13(15,16)17/h4-5H,3H2,1-2H3. The quantitative estimate of drug-likeness (QED) is 0.636. The minimum absolute atomic E-state index is 0.00778. The van der Waals surface area contributed by atoms with Crippen molar-refractivity contribution in [2.45, 2.75) is 20.2 Å². The lowest BCUT2D eigenvalue weighted by Gasteiger charge is -2.09. The van der Waals surface area contributed by atoms with Gasteiger partial charge in [0.15, 0.2) is 11.6 Å². The molecular formula is C13H10F4O4. The van der Waals surface area contributed by atoms with E-state index in [9.17, 15) is 22.4 Å². The largest absolute Gasteiger partial charge is 0.573 e. The summed E-state index contributed by atoms with van der Waals surface area (Å²) in [6.07, 6.45) is -5.04. The highest BCUT2D eigenvalue weighted by Crippen LogP contribution is 2.34. The Morgan fingerprint density at radius 3 is 2.57 bits per heavy atom. The first-order valence-corrected chi connectivity index (χ1v) is 5.88. The molecule has 0 aliphatic carbocycles. The van der Waals surface area contributed by atoms with Crippen molar-refractivity contribution >= 4 is 16.9 Å². The molecule has 2 rings (SSSR count). The highest BCUT2D eigenvalue weighted by Gasteiger charge is 2.33. The van der Waals surface area contributed by atoms with Gasteiger partial charge in [0.25, 0.3) is 0 Å². The van der Waals surface area contributed by atoms with Crippen LogP contribution in [0.15, 0.2) is 16.5 Å². The van der Waals surface area contributed by atoms with E-state index in [0.717, 1.165) is 12.1 Å². The molecule has 1 aromatic heterocycles. The number of alkyl halides is 3. The van der Waals surface area contributed by atoms with Crippen molar-refractivity contribution in [3.8, 4) is 5.75 Å². The summed E-state index contributed by atoms with van der Waals surface area (Å²) in [5.74, 6) is -2.93. The molecule has 0 aliphatic heterocycles. The van der Waals surface area contributed by atoms with Crippen LogP contribution in [0.2, 0.25) is 0 Å². The number of carbonyl (C=O) groups excluding carboxylic acids is 1. The minimum atomic E-state index is -5.04. The van der Waals surface area contributed by atoms with Gasteiger partial charge in [-0.2, -0.15) is 0 Å². The maximum atomic E-state index is 13.5. The van der Waals surface area contributed by atoms with Gasteiger partial charge in [-0.15, -0.1) is 13.2 Å². The summed E-state index contributed by atoms with van der Waals surface area (Å²) in [7, 11) is 0. The van der Waals surface area contributed by atoms with Crippen LogP contribution in [0.5, 0.6) is 5.75 Å². The molecule has 0 spiro atoms. The van der Waals surface area contributed by atoms with Crippen LogP contribution >= 0.6 is 0 Å². The van der Waals surface area contributed by atoms with E-state index in [4.69, 9.17) is 9.15 Å². The van der Waals surface area contributed by atoms with Gasteiger partial charge in [0.1, 0.15) is 16.9 Å². The molecule has 2 aromatic rings. The van der Waals surface area contributed by atoms with Gasteiger partial charge < -0.3 is 13.9 Å². The third kappa shape index (κ3) is 3.09. The Morgan fingerprint density at radius 2 is 2.00 bits per heavy atom. The molecule has 1 aromatic carbocycles. The van der Waals surface area contributed by atoms with Crippen molar-refractivity contribution < 1.29 is 36.2 Å². The van der Waals surface area contributed by atoms with Gasteiger partial charge >= 0.3 is 12.3 Å². The number of benzene rings is 1. The smallest absolute Gasteiger partial charge is 0.462 e. The first-order chi connectivity index (χ1) is 9.73. The van der Waals surface area contributed by atoms with Crippen molar-refractivity contribution in [3.05, 3.63) is 29.3 Å². The summed E-state index contributed by atoms with van der Waals surface area (Å²) in [6.45, 7) is 3.08. The minimum Gasteiger partial charge on any atom is -0.462 e. The number of rotatable bonds is 3. The number of ether oxygens (including phenoxy) is 2. The summed E-state index contributed by atoms with van der Waals surface area (Å²) in [6, 6.07) is 1.49. The summed E-state index contributed by atoms with van der Waals surface area (Å²) in [5, 5.41) is -0.00778. The van der Waals surface area contributed by atoms with Crippen LogP contribution in [0.4, 0.5) is 17.6 Å². The number of hydrogen-bond donors (Lipinski definition) is 0. The van der Waals surface area contributed by atoms with Gasteiger partial charge in [0.2, 0.25) is 0 Å². The zero-order valence-electron chi connectivity index (χ0n) is 11.0. The number of aryl methyl sites for hydroxylation is 1. The fourth-order valence-electron chi connectivity index (χ4n) is 1.88. The number of hydrogen-bond acceptors (Lipinski definition) is 4. The van der Waals surface area contributed by atoms with Crippen molar-refractivity contribution in [1.82, 2.24) is 0 Å². The van der Waals surface area contributed by atoms with Gasteiger partial charge in [-0.1, -0.05) is 0 Å². The van der Waals surface area contributed by atoms with Gasteiger partial charge in [-0.05, 0) is 19.9 Å². The van der Waals surface area contributed by atoms with E-state index in [2.05, 4.69) is 4.74 Å². The molecule has 1 heterocycles. The molecule has 0 fully saturated rings. The molecule has 0 radical (unpaired) electrons. The van der Waals surface area contributed by atoms with Crippen LogP contribution in [-0.4, -0.2) is 18.9 Å². The van der Waals surface area contributed by atoms with Crippen LogP contribution in [0.1, 0.15) is 23.0 Å². The fraction of sp³-hybridized carbons (Fsp3) is 0.308. The average molecular weight is 306 g/mol. The maximum Gasteiger partial charge on any atom is 0.573 e. The van der Waals surface area contributed by atoms with E-state index in [1.165, 1.54) is 6.92 Å². The number of halogens is 4. The molecular weight excluding hydrogens is 296 g/mol. The summed E-state index contributed by atoms with van der Waals surface area (Å²) >= 11 is 0. The Hall–Kier alpha value is -2.25. The van der Waals surface area contributed by atoms with Crippen LogP contribution < -0.4 is 4.74 Å². The SMILES string of the molecule is CCOC(=O)c1c(C)oc2cc(F)c(OC(F)(F)F)cc12. The molecule has 4 nitrogen and oxygen atoms in total. The molecule has 114 valence electrons. The van der Waals surface area contributed by atoms with Crippen LogP contribution in [0.3, 0.4) is 0 Å². The molecule has 0 saturated carbocycles. The molecule has 0 bridgehead atoms. The van der Waals surface area contributed by atoms with Gasteiger partial charge in [0, 0.05) is 11.5 Å². The normalized spacial score (nSPS) is 11.7. The monoisotopic (exact) mass is 306 g/mol. The van der Waals surface area contributed by atoms with Crippen molar-refractivity contribution in [2.75, 3.05) is 6.61 Å². The molecule has 0 aliphatic rings. The highest BCUT2D eigenvalue weighted by atomic mass is 19.4. The van der Waals surface area contributed by atoms with E-state index in [0.29, 0.717) is 0 Å². The van der Waals surface area contributed by atoms with Gasteiger partial charge in [-0.3, -0.25) is 0 Å². The van der Waals surface area contributed by atoms with Gasteiger partial charge in [0.05, 0.1) is 6.61 Å². The zero-order chi connectivity index (χ0) is 15.8. The van der Waals surface area contributed by atoms with Crippen molar-refractivity contribution in [3.63, 3.8) is 0 Å². The third-order valence-corrected chi connectivity index (χ3v) is 2.62. The Bertz CT molecular complexity index is 688. The fourth-order valence-corrected chi connectivity index (χ4v) is 1.88. The second-order valence-corrected chi connectivity index (χ2v) is 4.08. The Kier molecular flexibility index (Phi) is 3.80. The summed E-state index contributed by atoms with van der Waals surface area (Å²) < 4.78 is 63.7. The van der Waals surface area contributed by atoms with E-state index in [-0.39, 0.29) is 28.9 Å². The Balaban J connectivity index is 2.58. The second-order valence-electron chi connectivity index (χ2n) is 4.08. The zero-order valence-corrected chi connectivity index (χ0v) is 11.0. The third-order valence-electron chi connectivity index (χ3n) is 2.62. The molecule has 8 heteroatoms. The highest BCUT2D eigenvalue weighted by molar-refractivity contribution is 6.04. The van der Waals surface area contributed by atoms with E-state index < -0.39 is 23.9 Å². The van der Waals surface area contributed by atoms with Crippen molar-refractivity contribution in [1.29, 1.82) is 0 Å². The predicted molar refractivity (Wildman–Crippen MR) is 63.5 cm³/mol. The summed E-state index contributed by atoms with van der Waals surface area (Å²) in [4.78, 5) is 11.8. The molecule has 0 unspecified atom stereocenters. The average Bonchev–Trinajstić information content (AvgIpc) is 2.63. The molecule has 0 atom stereocenters. The lowest BCUT2D eigenvalue weighted by molar-refractivity contribution is -0.275. The second kappa shape index (κ2) is 5.27. The summed E-state index contributed by atoms with van der Waals surface area (Å²) in [5.41, 5.74) is -0.124. The molecule has 0 amide bonds. The van der Waals surface area contributed by atoms with Crippen LogP contribution in [-0.2, 0) is 4.74 Å². The molecule has 21 heavy (non-hydrogen) atoms. The van der Waals surface area contributed by atoms with Crippen LogP contribution in [0, 0.1) is 12.7 Å². The maximum absolute atomic E-state index is 13.5. The first kappa shape index (κ1) is 15.1. The number of carbonyl (C=O) groups is 1.